The second-order valence-electron chi connectivity index (χ2n) is 3.29. The van der Waals surface area contributed by atoms with Crippen molar-refractivity contribution in [1.82, 2.24) is 0 Å². The van der Waals surface area contributed by atoms with Gasteiger partial charge in [0.05, 0.1) is 0 Å². The molecule has 74 valence electrons. The van der Waals surface area contributed by atoms with Gasteiger partial charge in [-0.2, -0.15) is 0 Å². The van der Waals surface area contributed by atoms with E-state index in [1.165, 1.54) is 4.90 Å². The number of hydrogen-bond acceptors (Lipinski definition) is 2. The van der Waals surface area contributed by atoms with Crippen molar-refractivity contribution in [1.29, 1.82) is 0 Å². The molecule has 0 N–H and O–H groups in total. The van der Waals surface area contributed by atoms with E-state index in [2.05, 4.69) is 6.58 Å². The standard InChI is InChI=1S/C12H14OS/c1-9(2)8-12(13)10-4-6-11(14-3)7-5-10/h4-7H,1,8H2,2-3H3. The van der Waals surface area contributed by atoms with Crippen molar-refractivity contribution in [2.75, 3.05) is 6.26 Å². The van der Waals surface area contributed by atoms with Crippen LogP contribution in [0.3, 0.4) is 0 Å². The van der Waals surface area contributed by atoms with Crippen LogP contribution in [-0.4, -0.2) is 12.0 Å². The highest BCUT2D eigenvalue weighted by Gasteiger charge is 2.04. The Labute approximate surface area is 89.2 Å². The first kappa shape index (κ1) is 11.1. The minimum absolute atomic E-state index is 0.144. The van der Waals surface area contributed by atoms with Gasteiger partial charge in [0.2, 0.25) is 0 Å². The fraction of sp³-hybridized carbons (Fsp3) is 0.250. The maximum absolute atomic E-state index is 11.6. The summed E-state index contributed by atoms with van der Waals surface area (Å²) < 4.78 is 0. The lowest BCUT2D eigenvalue weighted by atomic mass is 10.1. The number of rotatable bonds is 4. The first-order chi connectivity index (χ1) is 6.63. The third-order valence-electron chi connectivity index (χ3n) is 1.87. The van der Waals surface area contributed by atoms with E-state index in [9.17, 15) is 4.79 Å². The smallest absolute Gasteiger partial charge is 0.166 e. The molecule has 2 heteroatoms. The quantitative estimate of drug-likeness (QED) is 0.425. The summed E-state index contributed by atoms with van der Waals surface area (Å²) in [6.45, 7) is 5.60. The van der Waals surface area contributed by atoms with Crippen LogP contribution in [0.4, 0.5) is 0 Å². The molecule has 14 heavy (non-hydrogen) atoms. The minimum atomic E-state index is 0.144. The van der Waals surface area contributed by atoms with Gasteiger partial charge in [0.15, 0.2) is 5.78 Å². The summed E-state index contributed by atoms with van der Waals surface area (Å²) in [7, 11) is 0. The molecule has 0 amide bonds. The number of allylic oxidation sites excluding steroid dienone is 1. The van der Waals surface area contributed by atoms with E-state index < -0.39 is 0 Å². The summed E-state index contributed by atoms with van der Waals surface area (Å²) in [4.78, 5) is 12.8. The minimum Gasteiger partial charge on any atom is -0.294 e. The molecule has 0 saturated heterocycles. The number of thioether (sulfide) groups is 1. The van der Waals surface area contributed by atoms with Gasteiger partial charge in [-0.15, -0.1) is 11.8 Å². The Kier molecular flexibility index (Phi) is 3.96. The summed E-state index contributed by atoms with van der Waals surface area (Å²) in [6, 6.07) is 7.68. The number of benzene rings is 1. The second kappa shape index (κ2) is 5.01. The van der Waals surface area contributed by atoms with Crippen molar-refractivity contribution in [3.05, 3.63) is 42.0 Å². The largest absolute Gasteiger partial charge is 0.294 e. The van der Waals surface area contributed by atoms with E-state index in [4.69, 9.17) is 0 Å². The molecule has 1 nitrogen and oxygen atoms in total. The highest BCUT2D eigenvalue weighted by atomic mass is 32.2. The normalized spacial score (nSPS) is 9.86. The number of carbonyl (C=O) groups excluding carboxylic acids is 1. The first-order valence-corrected chi connectivity index (χ1v) is 5.67. The van der Waals surface area contributed by atoms with Crippen LogP contribution in [0.5, 0.6) is 0 Å². The van der Waals surface area contributed by atoms with Crippen LogP contribution in [0, 0.1) is 0 Å². The third kappa shape index (κ3) is 3.04. The molecule has 0 saturated carbocycles. The lowest BCUT2D eigenvalue weighted by Gasteiger charge is -2.01. The predicted octanol–water partition coefficient (Wildman–Crippen LogP) is 3.56. The average molecular weight is 206 g/mol. The maximum atomic E-state index is 11.6. The first-order valence-electron chi connectivity index (χ1n) is 4.45. The molecule has 0 aliphatic carbocycles. The van der Waals surface area contributed by atoms with E-state index >= 15 is 0 Å². The fourth-order valence-corrected chi connectivity index (χ4v) is 1.56. The van der Waals surface area contributed by atoms with E-state index in [1.54, 1.807) is 11.8 Å². The van der Waals surface area contributed by atoms with Gasteiger partial charge >= 0.3 is 0 Å². The Morgan fingerprint density at radius 1 is 1.36 bits per heavy atom. The van der Waals surface area contributed by atoms with Gasteiger partial charge in [0, 0.05) is 16.9 Å². The van der Waals surface area contributed by atoms with Crippen molar-refractivity contribution in [2.24, 2.45) is 0 Å². The van der Waals surface area contributed by atoms with Gasteiger partial charge in [-0.1, -0.05) is 24.3 Å². The maximum Gasteiger partial charge on any atom is 0.166 e. The van der Waals surface area contributed by atoms with Crippen molar-refractivity contribution in [3.63, 3.8) is 0 Å². The Balaban J connectivity index is 2.76. The van der Waals surface area contributed by atoms with E-state index in [-0.39, 0.29) is 5.78 Å². The highest BCUT2D eigenvalue weighted by Crippen LogP contribution is 2.16. The van der Waals surface area contributed by atoms with Crippen molar-refractivity contribution in [2.45, 2.75) is 18.2 Å². The lowest BCUT2D eigenvalue weighted by Crippen LogP contribution is -1.98. The zero-order valence-electron chi connectivity index (χ0n) is 8.54. The van der Waals surface area contributed by atoms with E-state index in [1.807, 2.05) is 37.4 Å². The second-order valence-corrected chi connectivity index (χ2v) is 4.17. The number of hydrogen-bond donors (Lipinski definition) is 0. The van der Waals surface area contributed by atoms with Gasteiger partial charge in [0.1, 0.15) is 0 Å². The fourth-order valence-electron chi connectivity index (χ4n) is 1.15. The lowest BCUT2D eigenvalue weighted by molar-refractivity contribution is 0.0993. The SMILES string of the molecule is C=C(C)CC(=O)c1ccc(SC)cc1. The number of Topliss-reactive ketones (excluding diaryl/α,β-unsaturated/α-hetero) is 1. The van der Waals surface area contributed by atoms with Crippen LogP contribution in [0.15, 0.2) is 41.3 Å². The van der Waals surface area contributed by atoms with Crippen LogP contribution in [0.1, 0.15) is 23.7 Å². The summed E-state index contributed by atoms with van der Waals surface area (Å²) in [5, 5.41) is 0. The zero-order valence-corrected chi connectivity index (χ0v) is 9.36. The molecule has 1 rings (SSSR count). The molecule has 0 radical (unpaired) electrons. The molecular weight excluding hydrogens is 192 g/mol. The molecule has 0 atom stereocenters. The molecule has 0 aromatic heterocycles. The van der Waals surface area contributed by atoms with Gasteiger partial charge in [-0.25, -0.2) is 0 Å². The molecule has 0 heterocycles. The molecule has 1 aromatic carbocycles. The van der Waals surface area contributed by atoms with Gasteiger partial charge in [0.25, 0.3) is 0 Å². The van der Waals surface area contributed by atoms with Gasteiger partial charge in [-0.05, 0) is 25.3 Å². The molecule has 0 aliphatic rings. The van der Waals surface area contributed by atoms with Crippen molar-refractivity contribution >= 4 is 17.5 Å². The van der Waals surface area contributed by atoms with Crippen LogP contribution < -0.4 is 0 Å². The molecule has 0 aliphatic heterocycles. The van der Waals surface area contributed by atoms with Crippen molar-refractivity contribution in [3.8, 4) is 0 Å². The predicted molar refractivity (Wildman–Crippen MR) is 62.0 cm³/mol. The monoisotopic (exact) mass is 206 g/mol. The van der Waals surface area contributed by atoms with E-state index in [0.29, 0.717) is 6.42 Å². The van der Waals surface area contributed by atoms with Crippen LogP contribution in [0.2, 0.25) is 0 Å². The topological polar surface area (TPSA) is 17.1 Å². The Hall–Kier alpha value is -1.02. The van der Waals surface area contributed by atoms with Crippen LogP contribution in [-0.2, 0) is 0 Å². The van der Waals surface area contributed by atoms with Crippen LogP contribution in [0.25, 0.3) is 0 Å². The summed E-state index contributed by atoms with van der Waals surface area (Å²) in [6.07, 6.45) is 2.46. The summed E-state index contributed by atoms with van der Waals surface area (Å²) in [5.41, 5.74) is 1.68. The number of carbonyl (C=O) groups is 1. The average Bonchev–Trinajstić information content (AvgIpc) is 2.17. The third-order valence-corrected chi connectivity index (χ3v) is 2.62. The van der Waals surface area contributed by atoms with Gasteiger partial charge in [-0.3, -0.25) is 4.79 Å². The molecule has 0 fully saturated rings. The van der Waals surface area contributed by atoms with Gasteiger partial charge < -0.3 is 0 Å². The molecule has 0 bridgehead atoms. The Morgan fingerprint density at radius 2 is 1.93 bits per heavy atom. The molecule has 0 spiro atoms. The number of ketones is 1. The van der Waals surface area contributed by atoms with Crippen LogP contribution >= 0.6 is 11.8 Å². The zero-order chi connectivity index (χ0) is 10.6. The molecule has 0 unspecified atom stereocenters. The summed E-state index contributed by atoms with van der Waals surface area (Å²) in [5.74, 6) is 0.144. The molecule has 1 aromatic rings. The Morgan fingerprint density at radius 3 is 2.36 bits per heavy atom. The Bertz CT molecular complexity index is 338. The highest BCUT2D eigenvalue weighted by molar-refractivity contribution is 7.98. The van der Waals surface area contributed by atoms with Crippen molar-refractivity contribution < 1.29 is 4.79 Å². The van der Waals surface area contributed by atoms with E-state index in [0.717, 1.165) is 11.1 Å². The molecular formula is C12H14OS. The summed E-state index contributed by atoms with van der Waals surface area (Å²) >= 11 is 1.67.